The van der Waals surface area contributed by atoms with E-state index in [1.54, 1.807) is 0 Å². The van der Waals surface area contributed by atoms with Crippen LogP contribution in [0.2, 0.25) is 0 Å². The zero-order valence-electron chi connectivity index (χ0n) is 19.4. The molecule has 2 aromatic heterocycles. The topological polar surface area (TPSA) is 0 Å². The van der Waals surface area contributed by atoms with E-state index in [4.69, 9.17) is 0 Å². The highest BCUT2D eigenvalue weighted by Crippen LogP contribution is 2.48. The lowest BCUT2D eigenvalue weighted by Gasteiger charge is -2.06. The van der Waals surface area contributed by atoms with Crippen LogP contribution >= 0.6 is 22.7 Å². The highest BCUT2D eigenvalue weighted by Gasteiger charge is 2.16. The molecule has 0 saturated heterocycles. The van der Waals surface area contributed by atoms with Gasteiger partial charge in [-0.2, -0.15) is 0 Å². The zero-order valence-corrected chi connectivity index (χ0v) is 21.0. The van der Waals surface area contributed by atoms with Gasteiger partial charge in [-0.1, -0.05) is 109 Å². The van der Waals surface area contributed by atoms with E-state index in [0.717, 1.165) is 0 Å². The van der Waals surface area contributed by atoms with E-state index in [0.29, 0.717) is 0 Å². The lowest BCUT2D eigenvalue weighted by molar-refractivity contribution is 1.65. The molecule has 6 aromatic carbocycles. The molecule has 0 aliphatic carbocycles. The first-order valence-electron chi connectivity index (χ1n) is 12.2. The highest BCUT2D eigenvalue weighted by atomic mass is 32.2. The van der Waals surface area contributed by atoms with Crippen molar-refractivity contribution < 1.29 is 0 Å². The Kier molecular flexibility index (Phi) is 4.36. The molecule has 0 aliphatic heterocycles. The molecule has 2 heteroatoms. The predicted octanol–water partition coefficient (Wildman–Crippen LogP) is 10.9. The van der Waals surface area contributed by atoms with E-state index in [1.807, 2.05) is 22.7 Å². The molecule has 168 valence electrons. The van der Waals surface area contributed by atoms with E-state index in [2.05, 4.69) is 121 Å². The zero-order chi connectivity index (χ0) is 23.6. The van der Waals surface area contributed by atoms with Gasteiger partial charge in [0.25, 0.3) is 0 Å². The third kappa shape index (κ3) is 2.99. The largest absolute Gasteiger partial charge is 0.123 e. The van der Waals surface area contributed by atoms with Gasteiger partial charge < -0.3 is 0 Å². The lowest BCUT2D eigenvalue weighted by Crippen LogP contribution is -1.80. The summed E-state index contributed by atoms with van der Waals surface area (Å²) in [5.41, 5.74) is 5.07. The number of rotatable bonds is 2. The summed E-state index contributed by atoms with van der Waals surface area (Å²) in [5.74, 6) is 0. The van der Waals surface area contributed by atoms with E-state index >= 15 is 0 Å². The summed E-state index contributed by atoms with van der Waals surface area (Å²) in [6, 6.07) is 44.3. The fourth-order valence-corrected chi connectivity index (χ4v) is 8.34. The Labute approximate surface area is 216 Å². The Morgan fingerprint density at radius 1 is 0.361 bits per heavy atom. The second kappa shape index (κ2) is 7.76. The molecule has 0 atom stereocenters. The van der Waals surface area contributed by atoms with Crippen molar-refractivity contribution >= 4 is 73.8 Å². The van der Waals surface area contributed by atoms with Crippen LogP contribution in [0.15, 0.2) is 121 Å². The quantitative estimate of drug-likeness (QED) is 0.225. The maximum atomic E-state index is 2.33. The molecule has 2 heterocycles. The van der Waals surface area contributed by atoms with Crippen molar-refractivity contribution in [3.05, 3.63) is 121 Å². The van der Waals surface area contributed by atoms with E-state index in [9.17, 15) is 0 Å². The Morgan fingerprint density at radius 2 is 0.806 bits per heavy atom. The molecule has 0 radical (unpaired) electrons. The van der Waals surface area contributed by atoms with Crippen LogP contribution in [0.1, 0.15) is 0 Å². The van der Waals surface area contributed by atoms with Crippen LogP contribution in [0.3, 0.4) is 0 Å². The van der Waals surface area contributed by atoms with Gasteiger partial charge in [0.05, 0.1) is 4.01 Å². The summed E-state index contributed by atoms with van der Waals surface area (Å²) in [6.45, 7) is 0. The first-order valence-corrected chi connectivity index (χ1v) is 13.8. The smallest absolute Gasteiger partial charge is 0.0890 e. The van der Waals surface area contributed by atoms with Crippen molar-refractivity contribution in [2.24, 2.45) is 0 Å². The Balaban J connectivity index is 1.32. The maximum Gasteiger partial charge on any atom is 0.0890 e. The van der Waals surface area contributed by atoms with Crippen LogP contribution in [0.25, 0.3) is 73.4 Å². The molecule has 8 rings (SSSR count). The fourth-order valence-electron chi connectivity index (χ4n) is 5.51. The Bertz CT molecular complexity index is 1930. The minimum absolute atomic E-state index is 1.26. The fraction of sp³-hybridized carbons (Fsp3) is 0. The highest BCUT2D eigenvalue weighted by molar-refractivity contribution is 7.45. The monoisotopic (exact) mass is 492 g/mol. The molecule has 0 nitrogen and oxygen atoms in total. The molecule has 8 aromatic rings. The van der Waals surface area contributed by atoms with Gasteiger partial charge in [-0.05, 0) is 55.9 Å². The number of benzene rings is 6. The normalized spacial score (nSPS) is 11.9. The average Bonchev–Trinajstić information content (AvgIpc) is 3.50. The second-order valence-electron chi connectivity index (χ2n) is 9.35. The first-order chi connectivity index (χ1) is 17.8. The molecular formula is C34H20S2. The third-order valence-electron chi connectivity index (χ3n) is 7.29. The molecule has 0 saturated carbocycles. The summed E-state index contributed by atoms with van der Waals surface area (Å²) in [6.07, 6.45) is 0. The maximum absolute atomic E-state index is 2.33. The van der Waals surface area contributed by atoms with Crippen molar-refractivity contribution in [2.75, 3.05) is 0 Å². The predicted molar refractivity (Wildman–Crippen MR) is 161 cm³/mol. The summed E-state index contributed by atoms with van der Waals surface area (Å²) in [4.78, 5) is 0. The SMILES string of the molecule is c1ccc(-c2ccc3c(ccc4c3sc3sc5c6ccc(-c7ccccc7)cc6ccc5c34)c2)cc1. The van der Waals surface area contributed by atoms with Crippen LogP contribution in [-0.2, 0) is 0 Å². The Hall–Kier alpha value is -3.98. The van der Waals surface area contributed by atoms with Crippen LogP contribution in [0.5, 0.6) is 0 Å². The molecule has 0 fully saturated rings. The van der Waals surface area contributed by atoms with Crippen molar-refractivity contribution in [3.63, 3.8) is 0 Å². The van der Waals surface area contributed by atoms with Crippen molar-refractivity contribution in [2.45, 2.75) is 0 Å². The van der Waals surface area contributed by atoms with Crippen LogP contribution in [0, 0.1) is 0 Å². The van der Waals surface area contributed by atoms with Gasteiger partial charge in [-0.3, -0.25) is 0 Å². The molecule has 0 bridgehead atoms. The van der Waals surface area contributed by atoms with Crippen LogP contribution in [0.4, 0.5) is 0 Å². The molecule has 0 amide bonds. The van der Waals surface area contributed by atoms with Gasteiger partial charge in [0.1, 0.15) is 0 Å². The van der Waals surface area contributed by atoms with E-state index in [-0.39, 0.29) is 0 Å². The average molecular weight is 493 g/mol. The Morgan fingerprint density at radius 3 is 1.28 bits per heavy atom. The van der Waals surface area contributed by atoms with Gasteiger partial charge in [0, 0.05) is 25.6 Å². The molecule has 0 unspecified atom stereocenters. The summed E-state index contributed by atoms with van der Waals surface area (Å²) in [5, 5.41) is 9.48. The molecule has 0 N–H and O–H groups in total. The second-order valence-corrected chi connectivity index (χ2v) is 11.7. The minimum atomic E-state index is 1.26. The van der Waals surface area contributed by atoms with Crippen LogP contribution < -0.4 is 0 Å². The van der Waals surface area contributed by atoms with Gasteiger partial charge in [-0.25, -0.2) is 0 Å². The number of thiophene rings is 2. The summed E-state index contributed by atoms with van der Waals surface area (Å²) in [7, 11) is 0. The van der Waals surface area contributed by atoms with Crippen LogP contribution in [-0.4, -0.2) is 0 Å². The van der Waals surface area contributed by atoms with Crippen molar-refractivity contribution in [1.29, 1.82) is 0 Å². The number of hydrogen-bond donors (Lipinski definition) is 0. The van der Waals surface area contributed by atoms with Crippen molar-refractivity contribution in [1.82, 2.24) is 0 Å². The van der Waals surface area contributed by atoms with Gasteiger partial charge in [0.2, 0.25) is 0 Å². The van der Waals surface area contributed by atoms with E-state index < -0.39 is 0 Å². The molecule has 0 spiro atoms. The van der Waals surface area contributed by atoms with E-state index in [1.165, 1.54) is 73.4 Å². The van der Waals surface area contributed by atoms with Gasteiger partial charge in [0.15, 0.2) is 0 Å². The number of fused-ring (bicyclic) bond motifs is 9. The standard InChI is InChI=1S/C34H20S2/c1-3-7-21(8-4-1)23-11-15-27-25(19-23)13-17-29-31-30-18-14-26-20-24(22-9-5-2-6-10-22)12-16-28(26)33(30)36-34(31)35-32(27)29/h1-20H. The van der Waals surface area contributed by atoms with Gasteiger partial charge in [-0.15, -0.1) is 22.7 Å². The molecule has 0 aliphatic rings. The molecular weight excluding hydrogens is 473 g/mol. The number of hydrogen-bond acceptors (Lipinski definition) is 2. The first kappa shape index (κ1) is 20.2. The third-order valence-corrected chi connectivity index (χ3v) is 9.85. The van der Waals surface area contributed by atoms with Gasteiger partial charge >= 0.3 is 0 Å². The summed E-state index contributed by atoms with van der Waals surface area (Å²) < 4.78 is 4.21. The molecule has 36 heavy (non-hydrogen) atoms. The minimum Gasteiger partial charge on any atom is -0.123 e. The van der Waals surface area contributed by atoms with Crippen molar-refractivity contribution in [3.8, 4) is 22.3 Å². The lowest BCUT2D eigenvalue weighted by atomic mass is 9.98. The summed E-state index contributed by atoms with van der Waals surface area (Å²) >= 11 is 3.89.